The maximum absolute atomic E-state index is 12.7. The van der Waals surface area contributed by atoms with Crippen LogP contribution in [0.4, 0.5) is 0 Å². The molecule has 2 nitrogen and oxygen atoms in total. The standard InChI is InChI=1S/C15H14BrNOS/c1-2-19(18,15-6-4-3-5-7-15)17-12-13-8-10-14(16)11-9-13/h2-11H,1,12H2. The fourth-order valence-corrected chi connectivity index (χ4v) is 3.20. The van der Waals surface area contributed by atoms with Crippen LogP contribution >= 0.6 is 15.9 Å². The van der Waals surface area contributed by atoms with Crippen molar-refractivity contribution in [2.24, 2.45) is 4.36 Å². The number of nitrogens with zero attached hydrogens (tertiary/aromatic N) is 1. The number of benzene rings is 2. The summed E-state index contributed by atoms with van der Waals surface area (Å²) in [7, 11) is -2.54. The lowest BCUT2D eigenvalue weighted by molar-refractivity contribution is 0.680. The van der Waals surface area contributed by atoms with Crippen molar-refractivity contribution < 1.29 is 4.21 Å². The summed E-state index contributed by atoms with van der Waals surface area (Å²) in [5.74, 6) is 0. The molecule has 0 aliphatic rings. The molecule has 0 bridgehead atoms. The molecular formula is C15H14BrNOS. The van der Waals surface area contributed by atoms with Crippen molar-refractivity contribution in [3.05, 3.63) is 76.6 Å². The van der Waals surface area contributed by atoms with Crippen molar-refractivity contribution in [2.45, 2.75) is 11.4 Å². The molecule has 0 amide bonds. The number of rotatable bonds is 4. The molecule has 0 radical (unpaired) electrons. The fraction of sp³-hybridized carbons (Fsp3) is 0.0667. The van der Waals surface area contributed by atoms with E-state index in [0.29, 0.717) is 11.4 Å². The second kappa shape index (κ2) is 6.17. The molecule has 1 unspecified atom stereocenters. The van der Waals surface area contributed by atoms with Gasteiger partial charge in [0.25, 0.3) is 0 Å². The van der Waals surface area contributed by atoms with Crippen LogP contribution in [0.25, 0.3) is 0 Å². The highest BCUT2D eigenvalue weighted by Gasteiger charge is 2.06. The lowest BCUT2D eigenvalue weighted by Crippen LogP contribution is -1.96. The van der Waals surface area contributed by atoms with E-state index in [-0.39, 0.29) is 0 Å². The largest absolute Gasteiger partial charge is 0.240 e. The average Bonchev–Trinajstić information content (AvgIpc) is 2.47. The Morgan fingerprint density at radius 1 is 1.11 bits per heavy atom. The summed E-state index contributed by atoms with van der Waals surface area (Å²) in [5.41, 5.74) is 1.02. The summed E-state index contributed by atoms with van der Waals surface area (Å²) in [6.45, 7) is 4.07. The molecule has 2 aromatic carbocycles. The summed E-state index contributed by atoms with van der Waals surface area (Å²) in [6, 6.07) is 17.0. The Bertz CT molecular complexity index is 671. The van der Waals surface area contributed by atoms with Gasteiger partial charge in [0.2, 0.25) is 0 Å². The van der Waals surface area contributed by atoms with Crippen molar-refractivity contribution in [3.8, 4) is 0 Å². The Kier molecular flexibility index (Phi) is 4.56. The summed E-state index contributed by atoms with van der Waals surface area (Å²) in [6.07, 6.45) is 0. The molecule has 0 N–H and O–H groups in total. The number of hydrogen-bond donors (Lipinski definition) is 0. The smallest absolute Gasteiger partial charge is 0.0966 e. The van der Waals surface area contributed by atoms with Crippen molar-refractivity contribution in [1.29, 1.82) is 0 Å². The van der Waals surface area contributed by atoms with Gasteiger partial charge in [-0.15, -0.1) is 0 Å². The Morgan fingerprint density at radius 3 is 2.32 bits per heavy atom. The van der Waals surface area contributed by atoms with E-state index in [0.717, 1.165) is 10.0 Å². The zero-order valence-electron chi connectivity index (χ0n) is 10.3. The van der Waals surface area contributed by atoms with Gasteiger partial charge in [-0.25, -0.2) is 8.57 Å². The maximum Gasteiger partial charge on any atom is 0.0966 e. The van der Waals surface area contributed by atoms with Crippen molar-refractivity contribution >= 4 is 25.7 Å². The lowest BCUT2D eigenvalue weighted by Gasteiger charge is -2.05. The number of hydrogen-bond acceptors (Lipinski definition) is 2. The second-order valence-electron chi connectivity index (χ2n) is 3.96. The van der Waals surface area contributed by atoms with Crippen LogP contribution in [0.15, 0.2) is 80.3 Å². The summed E-state index contributed by atoms with van der Waals surface area (Å²) >= 11 is 3.38. The van der Waals surface area contributed by atoms with Crippen molar-refractivity contribution in [2.75, 3.05) is 0 Å². The van der Waals surface area contributed by atoms with Crippen LogP contribution in [0.3, 0.4) is 0 Å². The Hall–Kier alpha value is -1.39. The third-order valence-electron chi connectivity index (χ3n) is 2.66. The molecule has 0 spiro atoms. The normalized spacial score (nSPS) is 13.5. The van der Waals surface area contributed by atoms with Gasteiger partial charge in [-0.05, 0) is 29.8 Å². The van der Waals surface area contributed by atoms with E-state index in [1.165, 1.54) is 5.41 Å². The van der Waals surface area contributed by atoms with E-state index in [1.54, 1.807) is 0 Å². The molecule has 2 rings (SSSR count). The van der Waals surface area contributed by atoms with Gasteiger partial charge in [0.1, 0.15) is 0 Å². The molecule has 0 saturated heterocycles. The van der Waals surface area contributed by atoms with Gasteiger partial charge >= 0.3 is 0 Å². The molecule has 2 aromatic rings. The van der Waals surface area contributed by atoms with Gasteiger partial charge in [-0.2, -0.15) is 0 Å². The van der Waals surface area contributed by atoms with E-state index < -0.39 is 9.73 Å². The van der Waals surface area contributed by atoms with Crippen LogP contribution in [-0.4, -0.2) is 4.21 Å². The van der Waals surface area contributed by atoms with E-state index in [9.17, 15) is 4.21 Å². The first kappa shape index (κ1) is 14.0. The molecular weight excluding hydrogens is 322 g/mol. The van der Waals surface area contributed by atoms with E-state index >= 15 is 0 Å². The SMILES string of the molecule is C=CS(=O)(=NCc1ccc(Br)cc1)c1ccccc1. The predicted octanol–water partition coefficient (Wildman–Crippen LogP) is 4.62. The third kappa shape index (κ3) is 3.55. The van der Waals surface area contributed by atoms with Crippen molar-refractivity contribution in [3.63, 3.8) is 0 Å². The fourth-order valence-electron chi connectivity index (χ4n) is 1.60. The Labute approximate surface area is 122 Å². The first-order valence-electron chi connectivity index (χ1n) is 5.79. The zero-order valence-corrected chi connectivity index (χ0v) is 12.7. The first-order chi connectivity index (χ1) is 9.14. The van der Waals surface area contributed by atoms with Gasteiger partial charge in [0.05, 0.1) is 21.2 Å². The van der Waals surface area contributed by atoms with E-state index in [1.807, 2.05) is 54.6 Å². The summed E-state index contributed by atoms with van der Waals surface area (Å²) in [4.78, 5) is 0.696. The molecule has 0 aromatic heterocycles. The molecule has 98 valence electrons. The minimum absolute atomic E-state index is 0.410. The van der Waals surface area contributed by atoms with Gasteiger partial charge in [0, 0.05) is 9.88 Å². The van der Waals surface area contributed by atoms with Crippen LogP contribution in [0.5, 0.6) is 0 Å². The number of halogens is 1. The summed E-state index contributed by atoms with van der Waals surface area (Å²) in [5, 5.41) is 1.43. The highest BCUT2D eigenvalue weighted by molar-refractivity contribution is 9.10. The topological polar surface area (TPSA) is 29.4 Å². The molecule has 4 heteroatoms. The molecule has 0 saturated carbocycles. The highest BCUT2D eigenvalue weighted by atomic mass is 79.9. The molecule has 19 heavy (non-hydrogen) atoms. The Morgan fingerprint density at radius 2 is 1.74 bits per heavy atom. The minimum atomic E-state index is -2.54. The van der Waals surface area contributed by atoms with Crippen LogP contribution in [0.2, 0.25) is 0 Å². The van der Waals surface area contributed by atoms with Gasteiger partial charge in [0.15, 0.2) is 0 Å². The van der Waals surface area contributed by atoms with Crippen molar-refractivity contribution in [1.82, 2.24) is 0 Å². The third-order valence-corrected chi connectivity index (χ3v) is 5.10. The zero-order chi connectivity index (χ0) is 13.7. The predicted molar refractivity (Wildman–Crippen MR) is 83.3 cm³/mol. The van der Waals surface area contributed by atoms with Gasteiger partial charge < -0.3 is 0 Å². The van der Waals surface area contributed by atoms with Crippen LogP contribution in [-0.2, 0) is 16.3 Å². The monoisotopic (exact) mass is 335 g/mol. The van der Waals surface area contributed by atoms with E-state index in [4.69, 9.17) is 0 Å². The molecule has 0 aliphatic carbocycles. The van der Waals surface area contributed by atoms with Crippen LogP contribution in [0.1, 0.15) is 5.56 Å². The van der Waals surface area contributed by atoms with Crippen LogP contribution < -0.4 is 0 Å². The molecule has 1 atom stereocenters. The maximum atomic E-state index is 12.7. The van der Waals surface area contributed by atoms with Gasteiger partial charge in [-0.3, -0.25) is 0 Å². The second-order valence-corrected chi connectivity index (χ2v) is 7.08. The lowest BCUT2D eigenvalue weighted by atomic mass is 10.2. The van der Waals surface area contributed by atoms with E-state index in [2.05, 4.69) is 26.9 Å². The molecule has 0 fully saturated rings. The highest BCUT2D eigenvalue weighted by Crippen LogP contribution is 2.17. The average molecular weight is 336 g/mol. The summed E-state index contributed by atoms with van der Waals surface area (Å²) < 4.78 is 18.1. The van der Waals surface area contributed by atoms with Crippen LogP contribution in [0, 0.1) is 0 Å². The minimum Gasteiger partial charge on any atom is -0.240 e. The Balaban J connectivity index is 2.32. The molecule has 0 heterocycles. The quantitative estimate of drug-likeness (QED) is 0.801. The van der Waals surface area contributed by atoms with Gasteiger partial charge in [-0.1, -0.05) is 52.8 Å². The molecule has 0 aliphatic heterocycles. The first-order valence-corrected chi connectivity index (χ1v) is 8.16.